The van der Waals surface area contributed by atoms with Crippen LogP contribution in [-0.4, -0.2) is 32.8 Å². The summed E-state index contributed by atoms with van der Waals surface area (Å²) in [6.45, 7) is 2.44. The van der Waals surface area contributed by atoms with Gasteiger partial charge in [-0.25, -0.2) is 15.0 Å². The number of benzene rings is 1. The van der Waals surface area contributed by atoms with Gasteiger partial charge in [0.2, 0.25) is 0 Å². The molecule has 2 aromatic heterocycles. The van der Waals surface area contributed by atoms with Crippen LogP contribution in [0.1, 0.15) is 28.8 Å². The topological polar surface area (TPSA) is 59.0 Å². The van der Waals surface area contributed by atoms with E-state index in [1.807, 2.05) is 42.6 Å². The van der Waals surface area contributed by atoms with Crippen LogP contribution in [0.15, 0.2) is 48.1 Å². The Morgan fingerprint density at radius 1 is 1.17 bits per heavy atom. The number of carbonyl (C=O) groups is 1. The second-order valence-electron chi connectivity index (χ2n) is 5.41. The van der Waals surface area contributed by atoms with Crippen molar-refractivity contribution in [1.82, 2.24) is 19.9 Å². The highest BCUT2D eigenvalue weighted by Gasteiger charge is 2.15. The fraction of sp³-hybridized carbons (Fsp3) is 0.222. The zero-order valence-corrected chi connectivity index (χ0v) is 14.5. The first-order chi connectivity index (χ1) is 11.7. The van der Waals surface area contributed by atoms with Gasteiger partial charge < -0.3 is 4.90 Å². The zero-order chi connectivity index (χ0) is 16.9. The molecule has 6 heteroatoms. The van der Waals surface area contributed by atoms with Crippen LogP contribution in [0.4, 0.5) is 0 Å². The molecule has 1 aromatic carbocycles. The average molecular weight is 338 g/mol. The number of thiazole rings is 1. The van der Waals surface area contributed by atoms with Gasteiger partial charge in [0.25, 0.3) is 5.91 Å². The van der Waals surface area contributed by atoms with E-state index in [0.717, 1.165) is 28.5 Å². The minimum absolute atomic E-state index is 0.105. The second-order valence-corrected chi connectivity index (χ2v) is 6.27. The van der Waals surface area contributed by atoms with E-state index < -0.39 is 0 Å². The number of carbonyl (C=O) groups excluding carboxylic acids is 1. The van der Waals surface area contributed by atoms with Gasteiger partial charge in [-0.3, -0.25) is 4.79 Å². The van der Waals surface area contributed by atoms with Crippen molar-refractivity contribution in [3.05, 3.63) is 65.2 Å². The molecule has 3 rings (SSSR count). The predicted octanol–water partition coefficient (Wildman–Crippen LogP) is 3.43. The summed E-state index contributed by atoms with van der Waals surface area (Å²) < 4.78 is 0. The first-order valence-electron chi connectivity index (χ1n) is 7.73. The van der Waals surface area contributed by atoms with Crippen molar-refractivity contribution in [1.29, 1.82) is 0 Å². The largest absolute Gasteiger partial charge is 0.336 e. The van der Waals surface area contributed by atoms with Crippen LogP contribution in [0.5, 0.6) is 0 Å². The summed E-state index contributed by atoms with van der Waals surface area (Å²) in [5, 5.41) is 2.95. The van der Waals surface area contributed by atoms with Gasteiger partial charge in [-0.05, 0) is 0 Å². The van der Waals surface area contributed by atoms with E-state index in [2.05, 4.69) is 15.0 Å². The second kappa shape index (κ2) is 7.31. The summed E-state index contributed by atoms with van der Waals surface area (Å²) in [5.41, 5.74) is 2.46. The van der Waals surface area contributed by atoms with Crippen LogP contribution >= 0.6 is 11.3 Å². The molecule has 0 N–H and O–H groups in total. The summed E-state index contributed by atoms with van der Waals surface area (Å²) in [4.78, 5) is 27.1. The van der Waals surface area contributed by atoms with E-state index in [-0.39, 0.29) is 5.91 Å². The van der Waals surface area contributed by atoms with Crippen molar-refractivity contribution < 1.29 is 4.79 Å². The van der Waals surface area contributed by atoms with Crippen molar-refractivity contribution in [2.24, 2.45) is 0 Å². The van der Waals surface area contributed by atoms with Crippen LogP contribution in [-0.2, 0) is 13.0 Å². The molecule has 0 bridgehead atoms. The lowest BCUT2D eigenvalue weighted by Gasteiger charge is -2.15. The third-order valence-electron chi connectivity index (χ3n) is 3.59. The number of aromatic nitrogens is 3. The lowest BCUT2D eigenvalue weighted by Crippen LogP contribution is -2.26. The first kappa shape index (κ1) is 16.3. The lowest BCUT2D eigenvalue weighted by atomic mass is 10.2. The number of hydrogen-bond acceptors (Lipinski definition) is 5. The molecule has 0 saturated carbocycles. The Balaban J connectivity index is 1.69. The molecular weight excluding hydrogens is 320 g/mol. The molecule has 0 radical (unpaired) electrons. The molecule has 2 heterocycles. The maximum absolute atomic E-state index is 12.4. The highest BCUT2D eigenvalue weighted by Crippen LogP contribution is 2.23. The van der Waals surface area contributed by atoms with Crippen LogP contribution in [0, 0.1) is 0 Å². The summed E-state index contributed by atoms with van der Waals surface area (Å²) in [5.74, 6) is 0.633. The van der Waals surface area contributed by atoms with Gasteiger partial charge in [0.05, 0.1) is 17.8 Å². The monoisotopic (exact) mass is 338 g/mol. The summed E-state index contributed by atoms with van der Waals surface area (Å²) in [7, 11) is 1.76. The third-order valence-corrected chi connectivity index (χ3v) is 4.53. The quantitative estimate of drug-likeness (QED) is 0.715. The van der Waals surface area contributed by atoms with E-state index >= 15 is 0 Å². The van der Waals surface area contributed by atoms with Crippen molar-refractivity contribution in [2.75, 3.05) is 7.05 Å². The van der Waals surface area contributed by atoms with Gasteiger partial charge in [-0.2, -0.15) is 0 Å². The molecule has 122 valence electrons. The molecule has 0 fully saturated rings. The molecule has 0 spiro atoms. The molecular formula is C18H18N4OS. The average Bonchev–Trinajstić information content (AvgIpc) is 3.10. The number of nitrogens with zero attached hydrogens (tertiary/aromatic N) is 4. The smallest absolute Gasteiger partial charge is 0.257 e. The number of hydrogen-bond donors (Lipinski definition) is 0. The van der Waals surface area contributed by atoms with Gasteiger partial charge in [-0.1, -0.05) is 37.3 Å². The minimum Gasteiger partial charge on any atom is -0.336 e. The Hall–Kier alpha value is -2.60. The van der Waals surface area contributed by atoms with E-state index in [4.69, 9.17) is 0 Å². The van der Waals surface area contributed by atoms with Crippen LogP contribution in [0.3, 0.4) is 0 Å². The van der Waals surface area contributed by atoms with Gasteiger partial charge in [-0.15, -0.1) is 11.3 Å². The molecule has 0 aliphatic rings. The van der Waals surface area contributed by atoms with E-state index in [1.165, 1.54) is 0 Å². The third kappa shape index (κ3) is 3.65. The molecule has 3 aromatic rings. The Labute approximate surface area is 145 Å². The number of amides is 1. The Morgan fingerprint density at radius 2 is 1.88 bits per heavy atom. The fourth-order valence-electron chi connectivity index (χ4n) is 2.28. The normalized spacial score (nSPS) is 10.6. The molecule has 24 heavy (non-hydrogen) atoms. The highest BCUT2D eigenvalue weighted by molar-refractivity contribution is 7.13. The van der Waals surface area contributed by atoms with Crippen molar-refractivity contribution in [3.63, 3.8) is 0 Å². The minimum atomic E-state index is -0.105. The van der Waals surface area contributed by atoms with Gasteiger partial charge in [0.1, 0.15) is 10.8 Å². The van der Waals surface area contributed by atoms with Crippen LogP contribution in [0.2, 0.25) is 0 Å². The molecule has 0 unspecified atom stereocenters. The summed E-state index contributed by atoms with van der Waals surface area (Å²) in [6, 6.07) is 10.0. The van der Waals surface area contributed by atoms with Crippen LogP contribution < -0.4 is 0 Å². The number of rotatable bonds is 5. The number of aryl methyl sites for hydroxylation is 1. The van der Waals surface area contributed by atoms with Gasteiger partial charge in [0, 0.05) is 36.8 Å². The van der Waals surface area contributed by atoms with Gasteiger partial charge >= 0.3 is 0 Å². The Morgan fingerprint density at radius 3 is 2.54 bits per heavy atom. The molecule has 0 aliphatic heterocycles. The molecule has 0 atom stereocenters. The van der Waals surface area contributed by atoms with Crippen molar-refractivity contribution >= 4 is 17.2 Å². The lowest BCUT2D eigenvalue weighted by molar-refractivity contribution is 0.0782. The maximum atomic E-state index is 12.4. The molecule has 0 aliphatic carbocycles. The Bertz CT molecular complexity index is 815. The predicted molar refractivity (Wildman–Crippen MR) is 94.8 cm³/mol. The molecule has 5 nitrogen and oxygen atoms in total. The van der Waals surface area contributed by atoms with Crippen molar-refractivity contribution in [2.45, 2.75) is 19.9 Å². The van der Waals surface area contributed by atoms with E-state index in [1.54, 1.807) is 35.7 Å². The fourth-order valence-corrected chi connectivity index (χ4v) is 3.09. The standard InChI is InChI=1S/C18H18N4OS/c1-3-16-19-9-14(10-20-16)18(23)22(2)11-15-12-24-17(21-15)13-7-5-4-6-8-13/h4-10,12H,3,11H2,1-2H3. The van der Waals surface area contributed by atoms with Gasteiger partial charge in [0.15, 0.2) is 0 Å². The van der Waals surface area contributed by atoms with E-state index in [0.29, 0.717) is 12.1 Å². The highest BCUT2D eigenvalue weighted by atomic mass is 32.1. The SMILES string of the molecule is CCc1ncc(C(=O)N(C)Cc2csc(-c3ccccc3)n2)cn1. The van der Waals surface area contributed by atoms with Crippen LogP contribution in [0.25, 0.3) is 10.6 Å². The molecule has 0 saturated heterocycles. The Kier molecular flexibility index (Phi) is 4.96. The van der Waals surface area contributed by atoms with Crippen molar-refractivity contribution in [3.8, 4) is 10.6 Å². The molecule has 1 amide bonds. The summed E-state index contributed by atoms with van der Waals surface area (Å²) >= 11 is 1.58. The zero-order valence-electron chi connectivity index (χ0n) is 13.6. The first-order valence-corrected chi connectivity index (χ1v) is 8.61. The van der Waals surface area contributed by atoms with E-state index in [9.17, 15) is 4.79 Å². The summed E-state index contributed by atoms with van der Waals surface area (Å²) in [6.07, 6.45) is 3.92. The maximum Gasteiger partial charge on any atom is 0.257 e.